The highest BCUT2D eigenvalue weighted by Crippen LogP contribution is 2.21. The monoisotopic (exact) mass is 282 g/mol. The third-order valence-corrected chi connectivity index (χ3v) is 3.70. The summed E-state index contributed by atoms with van der Waals surface area (Å²) in [4.78, 5) is 11.9. The zero-order chi connectivity index (χ0) is 13.7. The first kappa shape index (κ1) is 14.3. The lowest BCUT2D eigenvalue weighted by molar-refractivity contribution is -0.124. The normalized spacial score (nSPS) is 20.8. The SMILES string of the molecule is O=C(NC[C@@H](O)c1ccccc1Cl)[C@@H]1CCCCN1. The van der Waals surface area contributed by atoms with E-state index in [1.807, 2.05) is 12.1 Å². The van der Waals surface area contributed by atoms with Crippen LogP contribution in [-0.4, -0.2) is 30.1 Å². The first-order chi connectivity index (χ1) is 9.18. The van der Waals surface area contributed by atoms with E-state index in [1.165, 1.54) is 0 Å². The fourth-order valence-corrected chi connectivity index (χ4v) is 2.51. The lowest BCUT2D eigenvalue weighted by atomic mass is 10.0. The molecule has 19 heavy (non-hydrogen) atoms. The van der Waals surface area contributed by atoms with Crippen molar-refractivity contribution < 1.29 is 9.90 Å². The first-order valence-corrected chi connectivity index (χ1v) is 7.00. The Morgan fingerprint density at radius 3 is 2.95 bits per heavy atom. The van der Waals surface area contributed by atoms with Crippen LogP contribution < -0.4 is 10.6 Å². The summed E-state index contributed by atoms with van der Waals surface area (Å²) in [6, 6.07) is 6.98. The molecule has 0 saturated carbocycles. The molecule has 5 heteroatoms. The van der Waals surface area contributed by atoms with E-state index in [9.17, 15) is 9.90 Å². The van der Waals surface area contributed by atoms with Crippen LogP contribution in [0.15, 0.2) is 24.3 Å². The predicted octanol–water partition coefficient (Wildman–Crippen LogP) is 1.63. The number of rotatable bonds is 4. The van der Waals surface area contributed by atoms with E-state index in [0.29, 0.717) is 10.6 Å². The molecule has 0 aromatic heterocycles. The molecule has 1 aliphatic rings. The molecule has 0 radical (unpaired) electrons. The number of halogens is 1. The van der Waals surface area contributed by atoms with E-state index in [2.05, 4.69) is 10.6 Å². The standard InChI is InChI=1S/C14H19ClN2O2/c15-11-6-2-1-5-10(11)13(18)9-17-14(19)12-7-3-4-8-16-12/h1-2,5-6,12-13,16,18H,3-4,7-9H2,(H,17,19)/t12-,13+/m0/s1. The Balaban J connectivity index is 1.84. The number of carbonyl (C=O) groups is 1. The van der Waals surface area contributed by atoms with Gasteiger partial charge >= 0.3 is 0 Å². The van der Waals surface area contributed by atoms with Crippen LogP contribution in [0.2, 0.25) is 5.02 Å². The van der Waals surface area contributed by atoms with Gasteiger partial charge in [-0.1, -0.05) is 36.2 Å². The molecule has 0 unspecified atom stereocenters. The van der Waals surface area contributed by atoms with Gasteiger partial charge in [-0.25, -0.2) is 0 Å². The summed E-state index contributed by atoms with van der Waals surface area (Å²) < 4.78 is 0. The highest BCUT2D eigenvalue weighted by Gasteiger charge is 2.21. The van der Waals surface area contributed by atoms with E-state index in [1.54, 1.807) is 12.1 Å². The fraction of sp³-hybridized carbons (Fsp3) is 0.500. The number of piperidine rings is 1. The molecule has 0 bridgehead atoms. The Kier molecular flexibility index (Phi) is 5.19. The number of carbonyl (C=O) groups excluding carboxylic acids is 1. The molecule has 1 aliphatic heterocycles. The third kappa shape index (κ3) is 3.93. The fourth-order valence-electron chi connectivity index (χ4n) is 2.25. The second kappa shape index (κ2) is 6.89. The van der Waals surface area contributed by atoms with E-state index in [0.717, 1.165) is 25.8 Å². The van der Waals surface area contributed by atoms with E-state index < -0.39 is 6.10 Å². The van der Waals surface area contributed by atoms with Gasteiger partial charge in [-0.05, 0) is 25.5 Å². The van der Waals surface area contributed by atoms with Crippen LogP contribution in [0.1, 0.15) is 30.9 Å². The summed E-state index contributed by atoms with van der Waals surface area (Å²) in [5, 5.41) is 16.5. The second-order valence-corrected chi connectivity index (χ2v) is 5.19. The van der Waals surface area contributed by atoms with Crippen LogP contribution in [0, 0.1) is 0 Å². The van der Waals surface area contributed by atoms with Crippen molar-refractivity contribution in [2.24, 2.45) is 0 Å². The smallest absolute Gasteiger partial charge is 0.237 e. The molecule has 1 aromatic rings. The van der Waals surface area contributed by atoms with Gasteiger partial charge in [0.05, 0.1) is 12.1 Å². The van der Waals surface area contributed by atoms with Gasteiger partial charge in [0.15, 0.2) is 0 Å². The van der Waals surface area contributed by atoms with Gasteiger partial charge in [-0.15, -0.1) is 0 Å². The van der Waals surface area contributed by atoms with Gasteiger partial charge in [-0.3, -0.25) is 4.79 Å². The summed E-state index contributed by atoms with van der Waals surface area (Å²) in [6.07, 6.45) is 2.26. The Bertz CT molecular complexity index is 433. The van der Waals surface area contributed by atoms with Crippen LogP contribution in [0.5, 0.6) is 0 Å². The number of aliphatic hydroxyl groups excluding tert-OH is 1. The summed E-state index contributed by atoms with van der Waals surface area (Å²) in [5.74, 6) is -0.0502. The third-order valence-electron chi connectivity index (χ3n) is 3.36. The number of hydrogen-bond donors (Lipinski definition) is 3. The van der Waals surface area contributed by atoms with Crippen LogP contribution in [0.4, 0.5) is 0 Å². The molecule has 1 aromatic carbocycles. The summed E-state index contributed by atoms with van der Waals surface area (Å²) in [6.45, 7) is 1.06. The van der Waals surface area contributed by atoms with Gasteiger partial charge < -0.3 is 15.7 Å². The van der Waals surface area contributed by atoms with Crippen LogP contribution in [-0.2, 0) is 4.79 Å². The molecule has 1 saturated heterocycles. The first-order valence-electron chi connectivity index (χ1n) is 6.62. The second-order valence-electron chi connectivity index (χ2n) is 4.78. The quantitative estimate of drug-likeness (QED) is 0.787. The van der Waals surface area contributed by atoms with Crippen molar-refractivity contribution in [3.63, 3.8) is 0 Å². The van der Waals surface area contributed by atoms with Gasteiger partial charge in [-0.2, -0.15) is 0 Å². The Labute approximate surface area is 118 Å². The molecule has 1 amide bonds. The average Bonchev–Trinajstić information content (AvgIpc) is 2.46. The molecule has 0 spiro atoms. The van der Waals surface area contributed by atoms with E-state index in [4.69, 9.17) is 11.6 Å². The number of aliphatic hydroxyl groups is 1. The number of benzene rings is 1. The van der Waals surface area contributed by atoms with Gasteiger partial charge in [0, 0.05) is 17.1 Å². The topological polar surface area (TPSA) is 61.4 Å². The molecule has 1 heterocycles. The summed E-state index contributed by atoms with van der Waals surface area (Å²) in [5.41, 5.74) is 0.640. The van der Waals surface area contributed by atoms with Crippen molar-refractivity contribution in [3.8, 4) is 0 Å². The van der Waals surface area contributed by atoms with Crippen molar-refractivity contribution in [2.75, 3.05) is 13.1 Å². The van der Waals surface area contributed by atoms with Gasteiger partial charge in [0.1, 0.15) is 0 Å². The number of amides is 1. The highest BCUT2D eigenvalue weighted by atomic mass is 35.5. The molecule has 2 atom stereocenters. The molecule has 3 N–H and O–H groups in total. The van der Waals surface area contributed by atoms with E-state index in [-0.39, 0.29) is 18.5 Å². The maximum absolute atomic E-state index is 11.9. The van der Waals surface area contributed by atoms with E-state index >= 15 is 0 Å². The average molecular weight is 283 g/mol. The van der Waals surface area contributed by atoms with Crippen LogP contribution in [0.25, 0.3) is 0 Å². The van der Waals surface area contributed by atoms with Crippen molar-refractivity contribution in [1.29, 1.82) is 0 Å². The number of hydrogen-bond acceptors (Lipinski definition) is 3. The number of nitrogens with one attached hydrogen (secondary N) is 2. The maximum Gasteiger partial charge on any atom is 0.237 e. The van der Waals surface area contributed by atoms with Crippen molar-refractivity contribution in [3.05, 3.63) is 34.9 Å². The minimum Gasteiger partial charge on any atom is -0.387 e. The Hall–Kier alpha value is -1.10. The zero-order valence-electron chi connectivity index (χ0n) is 10.7. The molecular weight excluding hydrogens is 264 g/mol. The van der Waals surface area contributed by atoms with Gasteiger partial charge in [0.2, 0.25) is 5.91 Å². The van der Waals surface area contributed by atoms with Crippen molar-refractivity contribution in [2.45, 2.75) is 31.4 Å². The zero-order valence-corrected chi connectivity index (χ0v) is 11.5. The lowest BCUT2D eigenvalue weighted by Gasteiger charge is -2.23. The molecule has 4 nitrogen and oxygen atoms in total. The molecule has 2 rings (SSSR count). The minimum atomic E-state index is -0.777. The summed E-state index contributed by atoms with van der Waals surface area (Å²) >= 11 is 6.00. The molecular formula is C14H19ClN2O2. The van der Waals surface area contributed by atoms with Crippen LogP contribution in [0.3, 0.4) is 0 Å². The minimum absolute atomic E-state index is 0.0502. The largest absolute Gasteiger partial charge is 0.387 e. The Morgan fingerprint density at radius 1 is 1.47 bits per heavy atom. The van der Waals surface area contributed by atoms with Gasteiger partial charge in [0.25, 0.3) is 0 Å². The summed E-state index contributed by atoms with van der Waals surface area (Å²) in [7, 11) is 0. The highest BCUT2D eigenvalue weighted by molar-refractivity contribution is 6.31. The molecule has 1 fully saturated rings. The lowest BCUT2D eigenvalue weighted by Crippen LogP contribution is -2.47. The van der Waals surface area contributed by atoms with Crippen molar-refractivity contribution in [1.82, 2.24) is 10.6 Å². The maximum atomic E-state index is 11.9. The predicted molar refractivity (Wildman–Crippen MR) is 75.1 cm³/mol. The van der Waals surface area contributed by atoms with Crippen molar-refractivity contribution >= 4 is 17.5 Å². The Morgan fingerprint density at radius 2 is 2.26 bits per heavy atom. The van der Waals surface area contributed by atoms with Crippen LogP contribution >= 0.6 is 11.6 Å². The molecule has 0 aliphatic carbocycles. The molecule has 104 valence electrons.